The molecule has 2 aromatic heterocycles. The molecule has 11 nitrogen and oxygen atoms in total. The Hall–Kier alpha value is -2.97. The Balaban J connectivity index is 2.08. The van der Waals surface area contributed by atoms with Gasteiger partial charge in [0, 0.05) is 19.6 Å². The Labute approximate surface area is 227 Å². The van der Waals surface area contributed by atoms with Crippen molar-refractivity contribution in [3.8, 4) is 6.07 Å². The Bertz CT molecular complexity index is 1090. The highest BCUT2D eigenvalue weighted by atomic mass is 16.6. The van der Waals surface area contributed by atoms with Crippen molar-refractivity contribution in [1.82, 2.24) is 34.3 Å². The number of carbonyl (C=O) groups is 1. The van der Waals surface area contributed by atoms with Gasteiger partial charge in [0.25, 0.3) is 0 Å². The number of rotatable bonds is 12. The summed E-state index contributed by atoms with van der Waals surface area (Å²) in [5, 5.41) is 13.4. The lowest BCUT2D eigenvalue weighted by Crippen LogP contribution is -2.51. The van der Waals surface area contributed by atoms with Crippen LogP contribution in [0.3, 0.4) is 0 Å². The number of hydrogen-bond donors (Lipinski definition) is 0. The predicted octanol–water partition coefficient (Wildman–Crippen LogP) is 3.75. The van der Waals surface area contributed by atoms with Crippen LogP contribution in [0, 0.1) is 17.2 Å². The highest BCUT2D eigenvalue weighted by molar-refractivity contribution is 5.85. The van der Waals surface area contributed by atoms with Gasteiger partial charge in [0.05, 0.1) is 6.33 Å². The fourth-order valence-corrected chi connectivity index (χ4v) is 4.78. The van der Waals surface area contributed by atoms with E-state index in [4.69, 9.17) is 9.72 Å². The van der Waals surface area contributed by atoms with E-state index in [1.165, 1.54) is 12.8 Å². The van der Waals surface area contributed by atoms with Crippen LogP contribution in [-0.2, 0) is 11.3 Å². The van der Waals surface area contributed by atoms with E-state index in [0.717, 1.165) is 45.3 Å². The summed E-state index contributed by atoms with van der Waals surface area (Å²) in [6.07, 6.45) is 7.54. The van der Waals surface area contributed by atoms with Gasteiger partial charge in [-0.05, 0) is 93.7 Å². The number of nitriles is 1. The summed E-state index contributed by atoms with van der Waals surface area (Å²) >= 11 is 0. The summed E-state index contributed by atoms with van der Waals surface area (Å²) in [6.45, 7) is 9.14. The molecule has 0 radical (unpaired) electrons. The average Bonchev–Trinajstić information content (AvgIpc) is 3.48. The quantitative estimate of drug-likeness (QED) is 0.381. The van der Waals surface area contributed by atoms with Gasteiger partial charge < -0.3 is 19.1 Å². The van der Waals surface area contributed by atoms with Crippen molar-refractivity contribution in [2.75, 3.05) is 59.4 Å². The maximum Gasteiger partial charge on any atom is 0.429 e. The first-order valence-corrected chi connectivity index (χ1v) is 13.7. The minimum absolute atomic E-state index is 0.0655. The maximum atomic E-state index is 13.6. The lowest BCUT2D eigenvalue weighted by atomic mass is 10.1. The standard InChI is InChI=1S/C27H45N9O2/c1-27(2,3)38-26(37)35(17-11-15-33(6)7)36(19-21-12-8-9-13-21)25-23-24(30-22(18-28)31-25)34(20-29-23)16-10-14-32(4)5/h20-21H,8-17,19H2,1-7H3. The van der Waals surface area contributed by atoms with Gasteiger partial charge in [-0.15, -0.1) is 0 Å². The SMILES string of the molecule is CN(C)CCCN(C(=O)OC(C)(C)C)N(CC1CCCC1)c1nc(C#N)nc2c1ncn2CCCN(C)C. The fourth-order valence-electron chi connectivity index (χ4n) is 4.78. The van der Waals surface area contributed by atoms with Crippen LogP contribution in [-0.4, -0.2) is 100 Å². The van der Waals surface area contributed by atoms with Crippen molar-refractivity contribution in [3.63, 3.8) is 0 Å². The summed E-state index contributed by atoms with van der Waals surface area (Å²) in [7, 11) is 8.12. The van der Waals surface area contributed by atoms with Crippen LogP contribution in [0.25, 0.3) is 11.2 Å². The highest BCUT2D eigenvalue weighted by Gasteiger charge is 2.32. The molecule has 0 aromatic carbocycles. The topological polar surface area (TPSA) is 107 Å². The van der Waals surface area contributed by atoms with Crippen LogP contribution in [0.15, 0.2) is 6.33 Å². The molecular formula is C27H45N9O2. The van der Waals surface area contributed by atoms with E-state index in [1.807, 2.05) is 58.5 Å². The largest absolute Gasteiger partial charge is 0.442 e. The van der Waals surface area contributed by atoms with Gasteiger partial charge in [0.15, 0.2) is 17.0 Å². The van der Waals surface area contributed by atoms with Gasteiger partial charge in [0.1, 0.15) is 11.7 Å². The lowest BCUT2D eigenvalue weighted by Gasteiger charge is -2.38. The molecule has 210 valence electrons. The number of nitrogens with zero attached hydrogens (tertiary/aromatic N) is 9. The number of aryl methyl sites for hydroxylation is 1. The van der Waals surface area contributed by atoms with Crippen LogP contribution in [0.4, 0.5) is 10.6 Å². The Morgan fingerprint density at radius 3 is 2.34 bits per heavy atom. The molecule has 0 aliphatic heterocycles. The molecule has 0 N–H and O–H groups in total. The molecule has 1 amide bonds. The van der Waals surface area contributed by atoms with Crippen molar-refractivity contribution < 1.29 is 9.53 Å². The van der Waals surface area contributed by atoms with Gasteiger partial charge in [-0.3, -0.25) is 5.01 Å². The number of imidazole rings is 1. The third kappa shape index (κ3) is 8.27. The Kier molecular flexibility index (Phi) is 10.3. The van der Waals surface area contributed by atoms with E-state index >= 15 is 0 Å². The fraction of sp³-hybridized carbons (Fsp3) is 0.741. The molecule has 1 fully saturated rings. The van der Waals surface area contributed by atoms with Crippen LogP contribution < -0.4 is 5.01 Å². The third-order valence-corrected chi connectivity index (χ3v) is 6.57. The van der Waals surface area contributed by atoms with Crippen molar-refractivity contribution >= 4 is 23.1 Å². The van der Waals surface area contributed by atoms with Crippen molar-refractivity contribution in [3.05, 3.63) is 12.2 Å². The molecule has 3 rings (SSSR count). The molecule has 0 saturated heterocycles. The van der Waals surface area contributed by atoms with E-state index < -0.39 is 11.7 Å². The number of aromatic nitrogens is 4. The van der Waals surface area contributed by atoms with E-state index in [0.29, 0.717) is 36.0 Å². The average molecular weight is 528 g/mol. The van der Waals surface area contributed by atoms with Gasteiger partial charge >= 0.3 is 6.09 Å². The first-order chi connectivity index (χ1) is 18.0. The number of hydrogen-bond acceptors (Lipinski definition) is 9. The number of amides is 1. The van der Waals surface area contributed by atoms with Gasteiger partial charge in [0.2, 0.25) is 5.82 Å². The molecule has 1 aliphatic carbocycles. The number of fused-ring (bicyclic) bond motifs is 1. The number of hydrazine groups is 1. The zero-order valence-corrected chi connectivity index (χ0v) is 24.3. The van der Waals surface area contributed by atoms with E-state index in [-0.39, 0.29) is 5.82 Å². The first kappa shape index (κ1) is 29.6. The van der Waals surface area contributed by atoms with E-state index in [9.17, 15) is 10.1 Å². The van der Waals surface area contributed by atoms with Crippen molar-refractivity contribution in [2.45, 2.75) is 71.4 Å². The molecule has 0 atom stereocenters. The van der Waals surface area contributed by atoms with E-state index in [2.05, 4.69) is 25.8 Å². The normalized spacial score (nSPS) is 14.4. The second-order valence-electron chi connectivity index (χ2n) is 11.7. The van der Waals surface area contributed by atoms with Gasteiger partial charge in [-0.2, -0.15) is 15.2 Å². The smallest absolute Gasteiger partial charge is 0.429 e. The maximum absolute atomic E-state index is 13.6. The van der Waals surface area contributed by atoms with E-state index in [1.54, 1.807) is 11.3 Å². The summed E-state index contributed by atoms with van der Waals surface area (Å²) in [4.78, 5) is 31.7. The van der Waals surface area contributed by atoms with Crippen LogP contribution in [0.5, 0.6) is 0 Å². The molecule has 0 unspecified atom stereocenters. The number of ether oxygens (including phenoxy) is 1. The highest BCUT2D eigenvalue weighted by Crippen LogP contribution is 2.31. The molecule has 0 bridgehead atoms. The van der Waals surface area contributed by atoms with Gasteiger partial charge in [-0.25, -0.2) is 14.8 Å². The predicted molar refractivity (Wildman–Crippen MR) is 149 cm³/mol. The molecule has 2 aromatic rings. The zero-order chi connectivity index (χ0) is 27.9. The molecule has 38 heavy (non-hydrogen) atoms. The molecule has 2 heterocycles. The second-order valence-corrected chi connectivity index (χ2v) is 11.7. The van der Waals surface area contributed by atoms with Crippen LogP contribution in [0.1, 0.15) is 65.1 Å². The molecule has 1 saturated carbocycles. The summed E-state index contributed by atoms with van der Waals surface area (Å²) in [6, 6.07) is 2.12. The zero-order valence-electron chi connectivity index (χ0n) is 24.3. The summed E-state index contributed by atoms with van der Waals surface area (Å²) < 4.78 is 7.84. The van der Waals surface area contributed by atoms with Crippen LogP contribution in [0.2, 0.25) is 0 Å². The van der Waals surface area contributed by atoms with Gasteiger partial charge in [-0.1, -0.05) is 12.8 Å². The summed E-state index contributed by atoms with van der Waals surface area (Å²) in [5.41, 5.74) is 0.551. The molecule has 0 spiro atoms. The lowest BCUT2D eigenvalue weighted by molar-refractivity contribution is 0.0210. The number of anilines is 1. The first-order valence-electron chi connectivity index (χ1n) is 13.7. The monoisotopic (exact) mass is 527 g/mol. The van der Waals surface area contributed by atoms with Crippen molar-refractivity contribution in [2.24, 2.45) is 5.92 Å². The number of carbonyl (C=O) groups excluding carboxylic acids is 1. The van der Waals surface area contributed by atoms with Crippen molar-refractivity contribution in [1.29, 1.82) is 5.26 Å². The molecular weight excluding hydrogens is 482 g/mol. The minimum Gasteiger partial charge on any atom is -0.442 e. The minimum atomic E-state index is -0.650. The third-order valence-electron chi connectivity index (χ3n) is 6.57. The Morgan fingerprint density at radius 2 is 1.74 bits per heavy atom. The Morgan fingerprint density at radius 1 is 1.08 bits per heavy atom. The second kappa shape index (κ2) is 13.2. The summed E-state index contributed by atoms with van der Waals surface area (Å²) in [5.74, 6) is 0.961. The van der Waals surface area contributed by atoms with Crippen LogP contribution >= 0.6 is 0 Å². The molecule has 1 aliphatic rings. The molecule has 11 heteroatoms.